The van der Waals surface area contributed by atoms with Crippen molar-refractivity contribution in [1.82, 2.24) is 0 Å². The van der Waals surface area contributed by atoms with Crippen LogP contribution in [0.5, 0.6) is 0 Å². The van der Waals surface area contributed by atoms with E-state index < -0.39 is 6.10 Å². The zero-order valence-corrected chi connectivity index (χ0v) is 38.8. The number of allylic oxidation sites excluding steroid dienone is 8. The Labute approximate surface area is 361 Å². The second-order valence-corrected chi connectivity index (χ2v) is 16.7. The summed E-state index contributed by atoms with van der Waals surface area (Å²) in [5.74, 6) is -0.409. The number of hydrogen-bond donors (Lipinski definition) is 0. The van der Waals surface area contributed by atoms with Crippen LogP contribution in [0.3, 0.4) is 0 Å². The molecule has 0 saturated heterocycles. The van der Waals surface area contributed by atoms with Crippen molar-refractivity contribution in [3.05, 3.63) is 48.6 Å². The molecule has 5 nitrogen and oxygen atoms in total. The van der Waals surface area contributed by atoms with Crippen molar-refractivity contribution in [3.63, 3.8) is 0 Å². The van der Waals surface area contributed by atoms with E-state index >= 15 is 0 Å². The van der Waals surface area contributed by atoms with Crippen LogP contribution in [-0.4, -0.2) is 37.9 Å². The summed E-state index contributed by atoms with van der Waals surface area (Å²) in [6, 6.07) is 0. The fraction of sp³-hybridized carbons (Fsp3) is 0.811. The summed E-state index contributed by atoms with van der Waals surface area (Å²) < 4.78 is 17.3. The molecule has 0 aliphatic heterocycles. The largest absolute Gasteiger partial charge is 0.462 e. The summed E-state index contributed by atoms with van der Waals surface area (Å²) in [4.78, 5) is 25.2. The fourth-order valence-electron chi connectivity index (χ4n) is 7.11. The molecule has 0 aromatic carbocycles. The first-order valence-corrected chi connectivity index (χ1v) is 25.2. The molecule has 0 aliphatic carbocycles. The van der Waals surface area contributed by atoms with E-state index in [-0.39, 0.29) is 25.2 Å². The first-order chi connectivity index (χ1) is 28.6. The van der Waals surface area contributed by atoms with Crippen molar-refractivity contribution in [3.8, 4) is 0 Å². The summed E-state index contributed by atoms with van der Waals surface area (Å²) in [5.41, 5.74) is 0. The van der Waals surface area contributed by atoms with Gasteiger partial charge in [-0.3, -0.25) is 9.59 Å². The van der Waals surface area contributed by atoms with E-state index in [0.717, 1.165) is 70.6 Å². The average molecular weight is 813 g/mol. The smallest absolute Gasteiger partial charge is 0.306 e. The maximum atomic E-state index is 12.7. The molecule has 0 bridgehead atoms. The number of carbonyl (C=O) groups is 2. The SMILES string of the molecule is CC/C=C\C/C=C\C/C=C\CCCCCCCCCC(=O)OCC(COCCCCCCCCCC/C=C\CCCCCCCC)OC(=O)CCCCCCCCC. The highest BCUT2D eigenvalue weighted by atomic mass is 16.6. The molecule has 58 heavy (non-hydrogen) atoms. The zero-order chi connectivity index (χ0) is 42.1. The molecule has 0 aliphatic rings. The third-order valence-corrected chi connectivity index (χ3v) is 10.8. The van der Waals surface area contributed by atoms with E-state index in [1.165, 1.54) is 148 Å². The van der Waals surface area contributed by atoms with E-state index in [9.17, 15) is 9.59 Å². The maximum absolute atomic E-state index is 12.7. The molecule has 338 valence electrons. The predicted molar refractivity (Wildman–Crippen MR) is 251 cm³/mol. The Kier molecular flexibility index (Phi) is 47.4. The molecule has 1 atom stereocenters. The molecule has 0 N–H and O–H groups in total. The molecule has 5 heteroatoms. The van der Waals surface area contributed by atoms with Crippen molar-refractivity contribution in [2.75, 3.05) is 19.8 Å². The number of ether oxygens (including phenoxy) is 3. The fourth-order valence-corrected chi connectivity index (χ4v) is 7.11. The Morgan fingerprint density at radius 3 is 1.26 bits per heavy atom. The molecule has 0 fully saturated rings. The molecule has 0 aromatic rings. The summed E-state index contributed by atoms with van der Waals surface area (Å²) in [7, 11) is 0. The van der Waals surface area contributed by atoms with Crippen LogP contribution in [0, 0.1) is 0 Å². The predicted octanol–water partition coefficient (Wildman–Crippen LogP) is 16.8. The maximum Gasteiger partial charge on any atom is 0.306 e. The average Bonchev–Trinajstić information content (AvgIpc) is 3.22. The van der Waals surface area contributed by atoms with Gasteiger partial charge in [-0.15, -0.1) is 0 Å². The Balaban J connectivity index is 4.11. The van der Waals surface area contributed by atoms with Gasteiger partial charge < -0.3 is 14.2 Å². The Hall–Kier alpha value is -2.14. The quantitative estimate of drug-likeness (QED) is 0.0348. The molecule has 0 rings (SSSR count). The van der Waals surface area contributed by atoms with E-state index in [0.29, 0.717) is 19.4 Å². The first-order valence-electron chi connectivity index (χ1n) is 25.2. The van der Waals surface area contributed by atoms with Crippen molar-refractivity contribution in [2.24, 2.45) is 0 Å². The van der Waals surface area contributed by atoms with Gasteiger partial charge in [-0.25, -0.2) is 0 Å². The molecule has 0 saturated carbocycles. The molecule has 0 heterocycles. The van der Waals surface area contributed by atoms with Crippen LogP contribution < -0.4 is 0 Å². The van der Waals surface area contributed by atoms with E-state index in [2.05, 4.69) is 69.4 Å². The third kappa shape index (κ3) is 46.5. The monoisotopic (exact) mass is 813 g/mol. The van der Waals surface area contributed by atoms with Crippen molar-refractivity contribution in [1.29, 1.82) is 0 Å². The normalized spacial score (nSPS) is 12.5. The minimum atomic E-state index is -0.536. The van der Waals surface area contributed by atoms with Gasteiger partial charge >= 0.3 is 11.9 Å². The highest BCUT2D eigenvalue weighted by molar-refractivity contribution is 5.70. The van der Waals surface area contributed by atoms with Gasteiger partial charge in [0.2, 0.25) is 0 Å². The lowest BCUT2D eigenvalue weighted by atomic mass is 10.1. The standard InChI is InChI=1S/C53H96O5/c1-4-7-10-13-16-18-20-22-24-26-28-30-32-34-36-39-42-45-48-56-49-51(58-53(55)47-44-41-37-15-12-9-6-3)50-57-52(54)46-43-40-38-35-33-31-29-27-25-23-21-19-17-14-11-8-5-2/h8,11,17,19,22-25,51H,4-7,9-10,12-16,18,20-21,26-50H2,1-3H3/b11-8-,19-17-,24-22-,25-23-. The van der Waals surface area contributed by atoms with Crippen LogP contribution in [0.25, 0.3) is 0 Å². The minimum Gasteiger partial charge on any atom is -0.462 e. The van der Waals surface area contributed by atoms with Gasteiger partial charge in [0.15, 0.2) is 6.10 Å². The van der Waals surface area contributed by atoms with Crippen molar-refractivity contribution in [2.45, 2.75) is 258 Å². The van der Waals surface area contributed by atoms with Crippen LogP contribution >= 0.6 is 0 Å². The van der Waals surface area contributed by atoms with Crippen LogP contribution in [0.15, 0.2) is 48.6 Å². The van der Waals surface area contributed by atoms with Gasteiger partial charge in [-0.05, 0) is 77.0 Å². The zero-order valence-electron chi connectivity index (χ0n) is 38.8. The number of carbonyl (C=O) groups excluding carboxylic acids is 2. The summed E-state index contributed by atoms with van der Waals surface area (Å²) >= 11 is 0. The third-order valence-electron chi connectivity index (χ3n) is 10.8. The lowest BCUT2D eigenvalue weighted by Crippen LogP contribution is -2.30. The van der Waals surface area contributed by atoms with E-state index in [1.54, 1.807) is 0 Å². The van der Waals surface area contributed by atoms with E-state index in [4.69, 9.17) is 14.2 Å². The number of esters is 2. The van der Waals surface area contributed by atoms with Crippen LogP contribution in [-0.2, 0) is 23.8 Å². The summed E-state index contributed by atoms with van der Waals surface area (Å²) in [6.45, 7) is 7.69. The lowest BCUT2D eigenvalue weighted by Gasteiger charge is -2.18. The molecule has 1 unspecified atom stereocenters. The van der Waals surface area contributed by atoms with Gasteiger partial charge in [-0.2, -0.15) is 0 Å². The van der Waals surface area contributed by atoms with Gasteiger partial charge in [0.25, 0.3) is 0 Å². The van der Waals surface area contributed by atoms with Crippen molar-refractivity contribution >= 4 is 11.9 Å². The first kappa shape index (κ1) is 55.9. The highest BCUT2D eigenvalue weighted by Gasteiger charge is 2.17. The lowest BCUT2D eigenvalue weighted by molar-refractivity contribution is -0.163. The van der Waals surface area contributed by atoms with E-state index in [1.807, 2.05) is 0 Å². The molecule has 0 radical (unpaired) electrons. The van der Waals surface area contributed by atoms with Crippen LogP contribution in [0.2, 0.25) is 0 Å². The van der Waals surface area contributed by atoms with Crippen molar-refractivity contribution < 1.29 is 23.8 Å². The van der Waals surface area contributed by atoms with Gasteiger partial charge in [0.05, 0.1) is 6.61 Å². The van der Waals surface area contributed by atoms with Gasteiger partial charge in [0, 0.05) is 19.4 Å². The molecular weight excluding hydrogens is 717 g/mol. The Bertz CT molecular complexity index is 966. The van der Waals surface area contributed by atoms with Crippen LogP contribution in [0.4, 0.5) is 0 Å². The Morgan fingerprint density at radius 2 is 0.776 bits per heavy atom. The molecule has 0 spiro atoms. The topological polar surface area (TPSA) is 61.8 Å². The van der Waals surface area contributed by atoms with Gasteiger partial charge in [0.1, 0.15) is 6.61 Å². The molecular formula is C53H96O5. The van der Waals surface area contributed by atoms with Gasteiger partial charge in [-0.1, -0.05) is 211 Å². The molecule has 0 aromatic heterocycles. The second-order valence-electron chi connectivity index (χ2n) is 16.7. The number of rotatable bonds is 46. The minimum absolute atomic E-state index is 0.0809. The molecule has 0 amide bonds. The Morgan fingerprint density at radius 1 is 0.397 bits per heavy atom. The summed E-state index contributed by atoms with van der Waals surface area (Å²) in [5, 5.41) is 0. The second kappa shape index (κ2) is 49.2. The number of hydrogen-bond acceptors (Lipinski definition) is 5. The summed E-state index contributed by atoms with van der Waals surface area (Å²) in [6.07, 6.45) is 59.9. The number of unbranched alkanes of at least 4 members (excludes halogenated alkanes) is 27. The van der Waals surface area contributed by atoms with Crippen LogP contribution in [0.1, 0.15) is 252 Å². The highest BCUT2D eigenvalue weighted by Crippen LogP contribution is 2.14.